The van der Waals surface area contributed by atoms with Crippen LogP contribution in [0.2, 0.25) is 5.02 Å². The van der Waals surface area contributed by atoms with Crippen LogP contribution in [0.3, 0.4) is 0 Å². The van der Waals surface area contributed by atoms with Gasteiger partial charge in [0.05, 0.1) is 10.7 Å². The number of nitrogens with zero attached hydrogens (tertiary/aromatic N) is 1. The van der Waals surface area contributed by atoms with Gasteiger partial charge < -0.3 is 4.98 Å². The minimum atomic E-state index is -0.490. The van der Waals surface area contributed by atoms with Crippen LogP contribution in [-0.4, -0.2) is 9.97 Å². The zero-order chi connectivity index (χ0) is 12.4. The van der Waals surface area contributed by atoms with Crippen LogP contribution >= 0.6 is 11.6 Å². The Morgan fingerprint density at radius 3 is 2.82 bits per heavy atom. The molecule has 1 aromatic carbocycles. The molecule has 0 unspecified atom stereocenters. The zero-order valence-electron chi connectivity index (χ0n) is 9.13. The third-order valence-corrected chi connectivity index (χ3v) is 2.63. The van der Waals surface area contributed by atoms with E-state index in [1.54, 1.807) is 6.07 Å². The van der Waals surface area contributed by atoms with E-state index in [4.69, 9.17) is 11.6 Å². The van der Waals surface area contributed by atoms with Crippen molar-refractivity contribution in [1.29, 1.82) is 0 Å². The highest BCUT2D eigenvalue weighted by atomic mass is 35.5. The summed E-state index contributed by atoms with van der Waals surface area (Å²) in [5, 5.41) is 0.0163. The molecule has 0 spiro atoms. The first kappa shape index (κ1) is 11.8. The summed E-state index contributed by atoms with van der Waals surface area (Å²) in [7, 11) is 0. The molecule has 0 saturated carbocycles. The predicted octanol–water partition coefficient (Wildman–Crippen LogP) is 2.79. The maximum Gasteiger partial charge on any atom is 0.251 e. The first-order chi connectivity index (χ1) is 8.10. The summed E-state index contributed by atoms with van der Waals surface area (Å²) in [6.07, 6.45) is 0.623. The molecule has 17 heavy (non-hydrogen) atoms. The largest absolute Gasteiger partial charge is 0.311 e. The molecule has 0 aliphatic rings. The van der Waals surface area contributed by atoms with Gasteiger partial charge in [-0.2, -0.15) is 0 Å². The van der Waals surface area contributed by atoms with Crippen molar-refractivity contribution in [3.63, 3.8) is 0 Å². The summed E-state index contributed by atoms with van der Waals surface area (Å²) in [6, 6.07) is 5.62. The number of halogens is 2. The number of rotatable bonds is 2. The van der Waals surface area contributed by atoms with Crippen LogP contribution in [0, 0.1) is 5.82 Å². The van der Waals surface area contributed by atoms with Gasteiger partial charge in [-0.3, -0.25) is 4.79 Å². The van der Waals surface area contributed by atoms with Gasteiger partial charge in [0.15, 0.2) is 0 Å². The van der Waals surface area contributed by atoms with Gasteiger partial charge in [0.2, 0.25) is 0 Å². The van der Waals surface area contributed by atoms with Crippen molar-refractivity contribution in [2.24, 2.45) is 0 Å². The molecule has 3 nitrogen and oxygen atoms in total. The Hall–Kier alpha value is -1.68. The SMILES string of the molecule is CCc1nc(-c2ccc(F)c(Cl)c2)cc(=O)[nH]1. The average Bonchev–Trinajstić information content (AvgIpc) is 2.32. The van der Waals surface area contributed by atoms with Crippen LogP contribution in [0.5, 0.6) is 0 Å². The van der Waals surface area contributed by atoms with Gasteiger partial charge in [-0.25, -0.2) is 9.37 Å². The Bertz CT molecular complexity index is 610. The lowest BCUT2D eigenvalue weighted by molar-refractivity contribution is 0.628. The summed E-state index contributed by atoms with van der Waals surface area (Å²) >= 11 is 5.69. The molecule has 0 amide bonds. The third-order valence-electron chi connectivity index (χ3n) is 2.34. The van der Waals surface area contributed by atoms with Crippen LogP contribution in [0.1, 0.15) is 12.7 Å². The highest BCUT2D eigenvalue weighted by Crippen LogP contribution is 2.22. The molecule has 2 aromatic rings. The van der Waals surface area contributed by atoms with Gasteiger partial charge in [0.25, 0.3) is 5.56 Å². The van der Waals surface area contributed by atoms with Crippen LogP contribution in [-0.2, 0) is 6.42 Å². The monoisotopic (exact) mass is 252 g/mol. The number of H-pyrrole nitrogens is 1. The van der Waals surface area contributed by atoms with Crippen LogP contribution < -0.4 is 5.56 Å². The van der Waals surface area contributed by atoms with Crippen LogP contribution in [0.4, 0.5) is 4.39 Å². The van der Waals surface area contributed by atoms with Crippen molar-refractivity contribution in [1.82, 2.24) is 9.97 Å². The fourth-order valence-electron chi connectivity index (χ4n) is 1.48. The molecule has 0 radical (unpaired) electrons. The number of aryl methyl sites for hydroxylation is 1. The highest BCUT2D eigenvalue weighted by Gasteiger charge is 2.06. The molecular weight excluding hydrogens is 243 g/mol. The molecule has 2 rings (SSSR count). The van der Waals surface area contributed by atoms with Gasteiger partial charge in [0.1, 0.15) is 11.6 Å². The lowest BCUT2D eigenvalue weighted by Crippen LogP contribution is -2.10. The summed E-state index contributed by atoms with van der Waals surface area (Å²) in [5.74, 6) is 0.101. The number of benzene rings is 1. The van der Waals surface area contributed by atoms with Crippen molar-refractivity contribution >= 4 is 11.6 Å². The number of hydrogen-bond acceptors (Lipinski definition) is 2. The molecule has 0 saturated heterocycles. The number of nitrogens with one attached hydrogen (secondary N) is 1. The first-order valence-corrected chi connectivity index (χ1v) is 5.53. The summed E-state index contributed by atoms with van der Waals surface area (Å²) in [4.78, 5) is 18.3. The van der Waals surface area contributed by atoms with Crippen molar-refractivity contribution in [2.75, 3.05) is 0 Å². The van der Waals surface area contributed by atoms with Crippen LogP contribution in [0.15, 0.2) is 29.1 Å². The van der Waals surface area contributed by atoms with E-state index in [-0.39, 0.29) is 10.6 Å². The Labute approximate surface area is 102 Å². The number of aromatic nitrogens is 2. The molecule has 0 aliphatic carbocycles. The lowest BCUT2D eigenvalue weighted by Gasteiger charge is -2.03. The Kier molecular flexibility index (Phi) is 3.24. The van der Waals surface area contributed by atoms with E-state index in [9.17, 15) is 9.18 Å². The Morgan fingerprint density at radius 2 is 2.18 bits per heavy atom. The fraction of sp³-hybridized carbons (Fsp3) is 0.167. The molecule has 0 atom stereocenters. The molecule has 0 fully saturated rings. The molecule has 1 N–H and O–H groups in total. The van der Waals surface area contributed by atoms with E-state index in [0.717, 1.165) is 0 Å². The molecule has 0 bridgehead atoms. The molecule has 88 valence electrons. The molecule has 1 aromatic heterocycles. The fourth-order valence-corrected chi connectivity index (χ4v) is 1.66. The summed E-state index contributed by atoms with van der Waals surface area (Å²) < 4.78 is 13.0. The normalized spacial score (nSPS) is 10.5. The van der Waals surface area contributed by atoms with Gasteiger partial charge in [-0.05, 0) is 18.2 Å². The quantitative estimate of drug-likeness (QED) is 0.893. The minimum absolute atomic E-state index is 0.0163. The van der Waals surface area contributed by atoms with E-state index in [1.807, 2.05) is 6.92 Å². The van der Waals surface area contributed by atoms with Gasteiger partial charge in [-0.1, -0.05) is 18.5 Å². The van der Waals surface area contributed by atoms with Crippen molar-refractivity contribution in [2.45, 2.75) is 13.3 Å². The second kappa shape index (κ2) is 4.67. The molecule has 0 aliphatic heterocycles. The van der Waals surface area contributed by atoms with Gasteiger partial charge in [-0.15, -0.1) is 0 Å². The Balaban J connectivity index is 2.55. The average molecular weight is 253 g/mol. The maximum absolute atomic E-state index is 13.0. The van der Waals surface area contributed by atoms with Crippen molar-refractivity contribution in [3.05, 3.63) is 51.3 Å². The summed E-state index contributed by atoms with van der Waals surface area (Å²) in [5.41, 5.74) is 0.886. The Morgan fingerprint density at radius 1 is 1.41 bits per heavy atom. The van der Waals surface area contributed by atoms with Crippen molar-refractivity contribution in [3.8, 4) is 11.3 Å². The van der Waals surface area contributed by atoms with Gasteiger partial charge >= 0.3 is 0 Å². The third kappa shape index (κ3) is 2.53. The van der Waals surface area contributed by atoms with E-state index in [1.165, 1.54) is 18.2 Å². The molecule has 5 heteroatoms. The minimum Gasteiger partial charge on any atom is -0.311 e. The highest BCUT2D eigenvalue weighted by molar-refractivity contribution is 6.31. The second-order valence-corrected chi connectivity index (χ2v) is 3.97. The number of hydrogen-bond donors (Lipinski definition) is 1. The van der Waals surface area contributed by atoms with Crippen LogP contribution in [0.25, 0.3) is 11.3 Å². The predicted molar refractivity (Wildman–Crippen MR) is 64.6 cm³/mol. The first-order valence-electron chi connectivity index (χ1n) is 5.16. The molecule has 1 heterocycles. The van der Waals surface area contributed by atoms with E-state index in [0.29, 0.717) is 23.5 Å². The van der Waals surface area contributed by atoms with E-state index in [2.05, 4.69) is 9.97 Å². The standard InChI is InChI=1S/C12H10ClFN2O/c1-2-11-15-10(6-12(17)16-11)7-3-4-9(14)8(13)5-7/h3-6H,2H2,1H3,(H,15,16,17). The van der Waals surface area contributed by atoms with E-state index < -0.39 is 5.82 Å². The number of aromatic amines is 1. The van der Waals surface area contributed by atoms with Crippen molar-refractivity contribution < 1.29 is 4.39 Å². The zero-order valence-corrected chi connectivity index (χ0v) is 9.88. The van der Waals surface area contributed by atoms with E-state index >= 15 is 0 Å². The lowest BCUT2D eigenvalue weighted by atomic mass is 10.1. The smallest absolute Gasteiger partial charge is 0.251 e. The maximum atomic E-state index is 13.0. The topological polar surface area (TPSA) is 45.8 Å². The summed E-state index contributed by atoms with van der Waals surface area (Å²) in [6.45, 7) is 1.89. The second-order valence-electron chi connectivity index (χ2n) is 3.56. The molecular formula is C12H10ClFN2O. The van der Waals surface area contributed by atoms with Gasteiger partial charge in [0, 0.05) is 18.1 Å².